The van der Waals surface area contributed by atoms with Gasteiger partial charge in [-0.05, 0) is 102 Å². The quantitative estimate of drug-likeness (QED) is 0.0688. The van der Waals surface area contributed by atoms with Crippen LogP contribution in [-0.2, 0) is 22.6 Å². The van der Waals surface area contributed by atoms with Gasteiger partial charge in [-0.25, -0.2) is 0 Å². The Labute approximate surface area is 409 Å². The summed E-state index contributed by atoms with van der Waals surface area (Å²) in [5.41, 5.74) is 7.13. The molecule has 0 saturated carbocycles. The smallest absolute Gasteiger partial charge is 0.157 e. The number of aliphatic hydroxyl groups excluding tert-OH is 1. The van der Waals surface area contributed by atoms with Gasteiger partial charge in [0.1, 0.15) is 0 Å². The van der Waals surface area contributed by atoms with Crippen molar-refractivity contribution in [3.8, 4) is 12.1 Å². The second kappa shape index (κ2) is 26.9. The third-order valence-corrected chi connectivity index (χ3v) is 12.2. The summed E-state index contributed by atoms with van der Waals surface area (Å²) in [5.74, 6) is 0. The van der Waals surface area contributed by atoms with E-state index in [1.165, 1.54) is 11.1 Å². The van der Waals surface area contributed by atoms with Crippen molar-refractivity contribution < 1.29 is 14.6 Å². The predicted molar refractivity (Wildman–Crippen MR) is 268 cm³/mol. The summed E-state index contributed by atoms with van der Waals surface area (Å²) in [5, 5.41) is 37.4. The Balaban J connectivity index is 0.000000222. The molecule has 7 rings (SSSR count). The van der Waals surface area contributed by atoms with E-state index in [9.17, 15) is 10.4 Å². The Morgan fingerprint density at radius 1 is 0.621 bits per heavy atom. The highest BCUT2D eigenvalue weighted by molar-refractivity contribution is 6.33. The monoisotopic (exact) mass is 962 g/mol. The van der Waals surface area contributed by atoms with E-state index in [0.717, 1.165) is 61.5 Å². The van der Waals surface area contributed by atoms with Gasteiger partial charge in [-0.1, -0.05) is 131 Å². The van der Waals surface area contributed by atoms with Crippen LogP contribution in [0.25, 0.3) is 0 Å². The van der Waals surface area contributed by atoms with Gasteiger partial charge in [-0.2, -0.15) is 10.5 Å². The van der Waals surface area contributed by atoms with Gasteiger partial charge in [-0.15, -0.1) is 0 Å². The first-order valence-electron chi connectivity index (χ1n) is 22.0. The molecule has 0 radical (unpaired) electrons. The van der Waals surface area contributed by atoms with E-state index >= 15 is 0 Å². The van der Waals surface area contributed by atoms with Crippen LogP contribution in [0.1, 0.15) is 64.7 Å². The molecule has 0 amide bonds. The number of hydrogen-bond acceptors (Lipinski definition) is 9. The van der Waals surface area contributed by atoms with Crippen LogP contribution >= 0.6 is 46.4 Å². The number of nitrogens with zero attached hydrogens (tertiary/aromatic N) is 4. The van der Waals surface area contributed by atoms with Crippen LogP contribution < -0.4 is 10.6 Å². The summed E-state index contributed by atoms with van der Waals surface area (Å²) in [6.07, 6.45) is 3.09. The molecule has 1 heterocycles. The third-order valence-electron chi connectivity index (χ3n) is 11.0. The number of nitriles is 2. The highest BCUT2D eigenvalue weighted by Gasteiger charge is 2.21. The fraction of sp³-hybridized carbons (Fsp3) is 0.283. The SMILES string of the molecule is N#Cc1ccc(N[C@@H](CN(CCO)Cc2ccccc2)c2ccc(Cl)cc2)c(Cl)c1.N#Cc1ccc(N[C@@H](CN(CCOC2CCCCO2)Cc2ccccc2)c2ccc(Cl)cc2)c(Cl)c1. The van der Waals surface area contributed by atoms with Crippen molar-refractivity contribution in [2.75, 3.05) is 56.6 Å². The molecular formula is C53H54Cl4N6O3. The minimum atomic E-state index is -0.111. The lowest BCUT2D eigenvalue weighted by Gasteiger charge is -2.30. The molecule has 0 bridgehead atoms. The summed E-state index contributed by atoms with van der Waals surface area (Å²) in [7, 11) is 0. The standard InChI is InChI=1S/C29H31Cl2N3O2.C24H23Cl2N3O/c30-25-12-10-24(11-13-25)28(33-27-14-9-23(19-32)18-26(27)31)21-34(20-22-6-2-1-3-7-22)15-17-36-29-8-4-5-16-35-29;25-21-9-7-20(8-10-21)24(28-23-11-6-19(15-27)14-22(23)26)17-29(12-13-30)16-18-4-2-1-3-5-18/h1-3,6-7,9-14,18,28-29,33H,4-5,8,15-17,20-21H2;1-11,14,24,28,30H,12-13,16-17H2/t28-,29?;24-/m00/s1. The first-order valence-corrected chi connectivity index (χ1v) is 23.5. The van der Waals surface area contributed by atoms with E-state index in [2.05, 4.69) is 69.0 Å². The third kappa shape index (κ3) is 16.3. The lowest BCUT2D eigenvalue weighted by atomic mass is 10.0. The Bertz CT molecular complexity index is 2460. The van der Waals surface area contributed by atoms with E-state index in [1.807, 2.05) is 84.9 Å². The maximum absolute atomic E-state index is 9.59. The Morgan fingerprint density at radius 3 is 1.50 bits per heavy atom. The molecule has 13 heteroatoms. The van der Waals surface area contributed by atoms with Crippen molar-refractivity contribution in [3.05, 3.63) is 199 Å². The van der Waals surface area contributed by atoms with E-state index in [1.54, 1.807) is 24.3 Å². The molecule has 342 valence electrons. The van der Waals surface area contributed by atoms with Gasteiger partial charge >= 0.3 is 0 Å². The fourth-order valence-electron chi connectivity index (χ4n) is 7.60. The van der Waals surface area contributed by atoms with Gasteiger partial charge in [0.25, 0.3) is 0 Å². The zero-order valence-corrected chi connectivity index (χ0v) is 39.7. The van der Waals surface area contributed by atoms with Gasteiger partial charge < -0.3 is 25.2 Å². The Morgan fingerprint density at radius 2 is 1.09 bits per heavy atom. The zero-order valence-electron chi connectivity index (χ0n) is 36.6. The first kappa shape index (κ1) is 50.3. The maximum Gasteiger partial charge on any atom is 0.157 e. The molecule has 3 atom stereocenters. The summed E-state index contributed by atoms with van der Waals surface area (Å²) < 4.78 is 11.8. The van der Waals surface area contributed by atoms with Crippen molar-refractivity contribution in [2.45, 2.75) is 50.7 Å². The minimum absolute atomic E-state index is 0.0673. The van der Waals surface area contributed by atoms with Crippen LogP contribution in [0, 0.1) is 22.7 Å². The maximum atomic E-state index is 9.59. The van der Waals surface area contributed by atoms with Crippen LogP contribution in [0.15, 0.2) is 146 Å². The van der Waals surface area contributed by atoms with Crippen molar-refractivity contribution in [1.82, 2.24) is 9.80 Å². The van der Waals surface area contributed by atoms with E-state index in [-0.39, 0.29) is 25.0 Å². The minimum Gasteiger partial charge on any atom is -0.395 e. The topological polar surface area (TPSA) is 117 Å². The highest BCUT2D eigenvalue weighted by atomic mass is 35.5. The molecule has 1 saturated heterocycles. The molecule has 1 fully saturated rings. The second-order valence-electron chi connectivity index (χ2n) is 15.9. The summed E-state index contributed by atoms with van der Waals surface area (Å²) in [4.78, 5) is 4.57. The molecule has 0 aliphatic carbocycles. The van der Waals surface area contributed by atoms with Crippen molar-refractivity contribution in [2.24, 2.45) is 0 Å². The van der Waals surface area contributed by atoms with E-state index in [0.29, 0.717) is 64.0 Å². The molecule has 0 spiro atoms. The average Bonchev–Trinajstić information content (AvgIpc) is 3.34. The molecule has 66 heavy (non-hydrogen) atoms. The summed E-state index contributed by atoms with van der Waals surface area (Å²) in [6.45, 7) is 5.57. The zero-order chi connectivity index (χ0) is 46.5. The average molecular weight is 965 g/mol. The largest absolute Gasteiger partial charge is 0.395 e. The second-order valence-corrected chi connectivity index (χ2v) is 17.6. The van der Waals surface area contributed by atoms with Gasteiger partial charge in [-0.3, -0.25) is 9.80 Å². The van der Waals surface area contributed by atoms with Crippen LogP contribution in [-0.4, -0.2) is 67.2 Å². The van der Waals surface area contributed by atoms with Gasteiger partial charge in [0.2, 0.25) is 0 Å². The number of aliphatic hydroxyl groups is 1. The van der Waals surface area contributed by atoms with Gasteiger partial charge in [0.15, 0.2) is 6.29 Å². The number of benzene rings is 6. The summed E-state index contributed by atoms with van der Waals surface area (Å²) >= 11 is 25.2. The van der Waals surface area contributed by atoms with Crippen molar-refractivity contribution in [1.29, 1.82) is 10.5 Å². The molecule has 0 aromatic heterocycles. The number of anilines is 2. The number of rotatable bonds is 20. The van der Waals surface area contributed by atoms with Crippen LogP contribution in [0.4, 0.5) is 11.4 Å². The van der Waals surface area contributed by atoms with Gasteiger partial charge in [0.05, 0.1) is 70.0 Å². The molecule has 1 aliphatic heterocycles. The molecule has 9 nitrogen and oxygen atoms in total. The molecule has 1 aliphatic rings. The highest BCUT2D eigenvalue weighted by Crippen LogP contribution is 2.31. The first-order chi connectivity index (χ1) is 32.2. The molecule has 6 aromatic carbocycles. The van der Waals surface area contributed by atoms with E-state index < -0.39 is 0 Å². The number of nitrogens with one attached hydrogen (secondary N) is 2. The number of halogens is 4. The summed E-state index contributed by atoms with van der Waals surface area (Å²) in [6, 6.07) is 50.7. The molecule has 1 unspecified atom stereocenters. The molecule has 3 N–H and O–H groups in total. The number of ether oxygens (including phenoxy) is 2. The van der Waals surface area contributed by atoms with E-state index in [4.69, 9.17) is 61.1 Å². The van der Waals surface area contributed by atoms with Crippen LogP contribution in [0.5, 0.6) is 0 Å². The lowest BCUT2D eigenvalue weighted by Crippen LogP contribution is -2.35. The van der Waals surface area contributed by atoms with Crippen LogP contribution in [0.3, 0.4) is 0 Å². The molecule has 6 aromatic rings. The van der Waals surface area contributed by atoms with Crippen LogP contribution in [0.2, 0.25) is 20.1 Å². The Kier molecular flexibility index (Phi) is 20.5. The normalized spacial score (nSPS) is 14.3. The predicted octanol–water partition coefficient (Wildman–Crippen LogP) is 12.6. The lowest BCUT2D eigenvalue weighted by molar-refractivity contribution is -0.164. The Hall–Kier alpha value is -5.14. The van der Waals surface area contributed by atoms with Crippen molar-refractivity contribution >= 4 is 57.8 Å². The fourth-order valence-corrected chi connectivity index (χ4v) is 8.33. The van der Waals surface area contributed by atoms with Crippen molar-refractivity contribution in [3.63, 3.8) is 0 Å². The molecular weight excluding hydrogens is 910 g/mol. The number of hydrogen-bond donors (Lipinski definition) is 3. The van der Waals surface area contributed by atoms with Gasteiger partial charge in [0, 0.05) is 55.9 Å².